The van der Waals surface area contributed by atoms with E-state index in [1.165, 1.54) is 17.7 Å². The molecular formula is C22H28ClF2N7O2S. The lowest BCUT2D eigenvalue weighted by Gasteiger charge is -2.51. The van der Waals surface area contributed by atoms with Crippen molar-refractivity contribution in [3.05, 3.63) is 11.8 Å². The third-order valence-corrected chi connectivity index (χ3v) is 8.24. The van der Waals surface area contributed by atoms with Gasteiger partial charge >= 0.3 is 0 Å². The van der Waals surface area contributed by atoms with Gasteiger partial charge in [-0.05, 0) is 19.8 Å². The molecule has 3 unspecified atom stereocenters. The lowest BCUT2D eigenvalue weighted by Crippen LogP contribution is -2.65. The van der Waals surface area contributed by atoms with Crippen LogP contribution in [-0.4, -0.2) is 83.3 Å². The molecule has 0 bridgehead atoms. The van der Waals surface area contributed by atoms with Crippen molar-refractivity contribution in [2.75, 3.05) is 44.8 Å². The molecule has 0 aromatic carbocycles. The third kappa shape index (κ3) is 4.18. The van der Waals surface area contributed by atoms with E-state index in [4.69, 9.17) is 16.3 Å². The molecule has 4 heterocycles. The highest BCUT2D eigenvalue weighted by atomic mass is 35.5. The molecule has 1 saturated carbocycles. The molecule has 190 valence electrons. The number of anilines is 1. The molecule has 35 heavy (non-hydrogen) atoms. The quantitative estimate of drug-likeness (QED) is 0.244. The Morgan fingerprint density at radius 2 is 2.14 bits per heavy atom. The maximum absolute atomic E-state index is 14.7. The van der Waals surface area contributed by atoms with E-state index in [9.17, 15) is 13.6 Å². The van der Waals surface area contributed by atoms with Crippen molar-refractivity contribution < 1.29 is 18.3 Å². The number of aromatic nitrogens is 3. The van der Waals surface area contributed by atoms with Crippen LogP contribution < -0.4 is 10.3 Å². The summed E-state index contributed by atoms with van der Waals surface area (Å²) in [6.45, 7) is 2.96. The fraction of sp³-hybridized carbons (Fsp3) is 0.682. The van der Waals surface area contributed by atoms with Crippen LogP contribution in [0, 0.1) is 16.7 Å². The molecule has 2 saturated heterocycles. The fourth-order valence-corrected chi connectivity index (χ4v) is 6.35. The summed E-state index contributed by atoms with van der Waals surface area (Å²) in [6.07, 6.45) is 0.748. The zero-order chi connectivity index (χ0) is 24.8. The van der Waals surface area contributed by atoms with Crippen molar-refractivity contribution in [2.45, 2.75) is 37.9 Å². The molecule has 9 nitrogen and oxygen atoms in total. The average Bonchev–Trinajstić information content (AvgIpc) is 3.30. The Balaban J connectivity index is 1.42. The molecule has 1 aliphatic carbocycles. The standard InChI is InChI=1S/C22H28ClF2N7O2S/c1-13(23)34-19(30-26-2)14-7-31(18-16-17(27-11-28-18)29-12-35-16)8-21(14)9-32(10-21)20(33)22(4-5-22)15(25)3-6-24/h11-15,26H,3-10H2,1-2H3/b30-19-. The molecule has 3 fully saturated rings. The molecule has 0 radical (unpaired) electrons. The van der Waals surface area contributed by atoms with Gasteiger partial charge in [0.25, 0.3) is 0 Å². The summed E-state index contributed by atoms with van der Waals surface area (Å²) in [7, 11) is 1.69. The number of hydrazone groups is 1. The Kier molecular flexibility index (Phi) is 6.45. The molecule has 2 aromatic heterocycles. The Morgan fingerprint density at radius 3 is 2.80 bits per heavy atom. The second-order valence-corrected chi connectivity index (χ2v) is 11.1. The molecule has 2 aliphatic heterocycles. The Morgan fingerprint density at radius 1 is 1.37 bits per heavy atom. The number of hydrogen-bond donors (Lipinski definition) is 1. The first-order valence-corrected chi connectivity index (χ1v) is 13.0. The number of thiazole rings is 1. The summed E-state index contributed by atoms with van der Waals surface area (Å²) in [6, 6.07) is 0. The predicted molar refractivity (Wildman–Crippen MR) is 130 cm³/mol. The van der Waals surface area contributed by atoms with Gasteiger partial charge in [0.05, 0.1) is 23.5 Å². The van der Waals surface area contributed by atoms with Crippen LogP contribution in [0.15, 0.2) is 16.9 Å². The van der Waals surface area contributed by atoms with Crippen LogP contribution in [0.1, 0.15) is 26.2 Å². The summed E-state index contributed by atoms with van der Waals surface area (Å²) < 4.78 is 34.2. The normalized spacial score (nSPS) is 24.4. The van der Waals surface area contributed by atoms with Crippen LogP contribution in [-0.2, 0) is 9.53 Å². The summed E-state index contributed by atoms with van der Waals surface area (Å²) in [5.41, 5.74) is 3.14. The zero-order valence-corrected chi connectivity index (χ0v) is 21.2. The topological polar surface area (TPSA) is 95.8 Å². The van der Waals surface area contributed by atoms with Gasteiger partial charge in [0.1, 0.15) is 17.2 Å². The van der Waals surface area contributed by atoms with Gasteiger partial charge in [-0.3, -0.25) is 9.18 Å². The van der Waals surface area contributed by atoms with E-state index in [1.807, 2.05) is 0 Å². The molecule has 13 heteroatoms. The van der Waals surface area contributed by atoms with Gasteiger partial charge in [-0.15, -0.1) is 16.4 Å². The number of hydrogen-bond acceptors (Lipinski definition) is 9. The van der Waals surface area contributed by atoms with Crippen LogP contribution in [0.3, 0.4) is 0 Å². The Bertz CT molecular complexity index is 1120. The first-order chi connectivity index (χ1) is 16.8. The Hall–Kier alpha value is -2.34. The van der Waals surface area contributed by atoms with Crippen molar-refractivity contribution in [3.63, 3.8) is 0 Å². The number of alkyl halides is 3. The molecule has 3 atom stereocenters. The number of fused-ring (bicyclic) bond motifs is 1. The van der Waals surface area contributed by atoms with E-state index < -0.39 is 23.8 Å². The van der Waals surface area contributed by atoms with Crippen molar-refractivity contribution in [1.82, 2.24) is 25.3 Å². The maximum Gasteiger partial charge on any atom is 0.231 e. The van der Waals surface area contributed by atoms with Gasteiger partial charge in [0.2, 0.25) is 11.8 Å². The molecule has 2 aromatic rings. The van der Waals surface area contributed by atoms with Crippen LogP contribution in [0.2, 0.25) is 0 Å². The van der Waals surface area contributed by atoms with Crippen molar-refractivity contribution in [3.8, 4) is 0 Å². The second-order valence-electron chi connectivity index (χ2n) is 9.59. The van der Waals surface area contributed by atoms with E-state index in [1.54, 1.807) is 24.4 Å². The van der Waals surface area contributed by atoms with Gasteiger partial charge < -0.3 is 20.0 Å². The largest absolute Gasteiger partial charge is 0.460 e. The minimum absolute atomic E-state index is 0.180. The molecule has 1 N–H and O–H groups in total. The van der Waals surface area contributed by atoms with E-state index in [0.29, 0.717) is 50.6 Å². The maximum atomic E-state index is 14.7. The number of carbonyl (C=O) groups excluding carboxylic acids is 1. The SMILES string of the molecule is CN/N=C(\OC(C)Cl)C1CN(c2ncnc3ncsc23)CC12CN(C(=O)C1(C(F)CCF)CC1)C2. The van der Waals surface area contributed by atoms with Gasteiger partial charge in [0.15, 0.2) is 17.0 Å². The Labute approximate surface area is 210 Å². The number of rotatable bonds is 8. The van der Waals surface area contributed by atoms with Gasteiger partial charge in [-0.25, -0.2) is 19.3 Å². The van der Waals surface area contributed by atoms with Crippen LogP contribution in [0.25, 0.3) is 10.3 Å². The highest BCUT2D eigenvalue weighted by molar-refractivity contribution is 7.17. The molecular weight excluding hydrogens is 500 g/mol. The number of likely N-dealkylation sites (tertiary alicyclic amines) is 1. The van der Waals surface area contributed by atoms with E-state index >= 15 is 0 Å². The number of nitrogens with one attached hydrogen (secondary N) is 1. The van der Waals surface area contributed by atoms with Crippen LogP contribution >= 0.6 is 22.9 Å². The predicted octanol–water partition coefficient (Wildman–Crippen LogP) is 2.96. The van der Waals surface area contributed by atoms with E-state index in [-0.39, 0.29) is 23.7 Å². The van der Waals surface area contributed by atoms with E-state index in [0.717, 1.165) is 10.5 Å². The number of halogens is 3. The fourth-order valence-electron chi connectivity index (χ4n) is 5.50. The summed E-state index contributed by atoms with van der Waals surface area (Å²) in [5, 5.41) is 4.37. The first kappa shape index (κ1) is 24.4. The molecule has 3 aliphatic rings. The van der Waals surface area contributed by atoms with Crippen molar-refractivity contribution in [1.29, 1.82) is 0 Å². The number of carbonyl (C=O) groups is 1. The number of ether oxygens (including phenoxy) is 1. The molecule has 5 rings (SSSR count). The van der Waals surface area contributed by atoms with Crippen LogP contribution in [0.5, 0.6) is 0 Å². The molecule has 1 spiro atoms. The van der Waals surface area contributed by atoms with E-state index in [2.05, 4.69) is 30.4 Å². The lowest BCUT2D eigenvalue weighted by atomic mass is 9.70. The van der Waals surface area contributed by atoms with Gasteiger partial charge in [-0.2, -0.15) is 0 Å². The molecule has 1 amide bonds. The van der Waals surface area contributed by atoms with Gasteiger partial charge in [-0.1, -0.05) is 11.6 Å². The lowest BCUT2D eigenvalue weighted by molar-refractivity contribution is -0.152. The highest BCUT2D eigenvalue weighted by Gasteiger charge is 2.64. The van der Waals surface area contributed by atoms with Crippen molar-refractivity contribution in [2.24, 2.45) is 21.8 Å². The summed E-state index contributed by atoms with van der Waals surface area (Å²) in [4.78, 5) is 30.2. The average molecular weight is 528 g/mol. The zero-order valence-electron chi connectivity index (χ0n) is 19.6. The monoisotopic (exact) mass is 527 g/mol. The summed E-state index contributed by atoms with van der Waals surface area (Å²) in [5.74, 6) is 0.839. The smallest absolute Gasteiger partial charge is 0.231 e. The minimum Gasteiger partial charge on any atom is -0.460 e. The minimum atomic E-state index is -1.45. The first-order valence-electron chi connectivity index (χ1n) is 11.7. The second kappa shape index (κ2) is 9.27. The summed E-state index contributed by atoms with van der Waals surface area (Å²) >= 11 is 7.63. The third-order valence-electron chi connectivity index (χ3n) is 7.34. The number of nitrogens with zero attached hydrogens (tertiary/aromatic N) is 6. The van der Waals surface area contributed by atoms with Crippen molar-refractivity contribution >= 4 is 50.9 Å². The van der Waals surface area contributed by atoms with Crippen LogP contribution in [0.4, 0.5) is 14.6 Å². The highest BCUT2D eigenvalue weighted by Crippen LogP contribution is 2.55. The van der Waals surface area contributed by atoms with Gasteiger partial charge in [0, 0.05) is 45.1 Å². The number of amides is 1.